The van der Waals surface area contributed by atoms with Crippen molar-refractivity contribution >= 4 is 33.3 Å². The number of anilines is 1. The lowest BCUT2D eigenvalue weighted by Crippen LogP contribution is -2.40. The van der Waals surface area contributed by atoms with Gasteiger partial charge in [0.15, 0.2) is 0 Å². The molecule has 0 aliphatic carbocycles. The van der Waals surface area contributed by atoms with Crippen LogP contribution in [-0.4, -0.2) is 40.7 Å². The summed E-state index contributed by atoms with van der Waals surface area (Å²) in [5.41, 5.74) is 0.739. The zero-order chi connectivity index (χ0) is 15.4. The first-order valence-corrected chi connectivity index (χ1v) is 6.66. The van der Waals surface area contributed by atoms with Crippen molar-refractivity contribution in [2.45, 2.75) is 19.9 Å². The van der Waals surface area contributed by atoms with Crippen molar-refractivity contribution < 1.29 is 14.8 Å². The number of nitro groups is 1. The predicted octanol–water partition coefficient (Wildman–Crippen LogP) is 2.51. The van der Waals surface area contributed by atoms with E-state index >= 15 is 0 Å². The van der Waals surface area contributed by atoms with Crippen LogP contribution in [0.5, 0.6) is 0 Å². The summed E-state index contributed by atoms with van der Waals surface area (Å²) in [6.45, 7) is 3.14. The fraction of sp³-hybridized carbons (Fsp3) is 0.417. The highest BCUT2D eigenvalue weighted by molar-refractivity contribution is 9.10. The number of aliphatic hydroxyl groups excluding tert-OH is 1. The van der Waals surface area contributed by atoms with Gasteiger partial charge in [0.1, 0.15) is 0 Å². The van der Waals surface area contributed by atoms with E-state index in [-0.39, 0.29) is 18.3 Å². The van der Waals surface area contributed by atoms with Crippen molar-refractivity contribution in [3.8, 4) is 0 Å². The fourth-order valence-electron chi connectivity index (χ4n) is 1.48. The second kappa shape index (κ2) is 6.67. The molecule has 0 radical (unpaired) electrons. The van der Waals surface area contributed by atoms with Gasteiger partial charge in [0, 0.05) is 23.2 Å². The third-order valence-corrected chi connectivity index (χ3v) is 3.63. The Hall–Kier alpha value is -1.67. The molecule has 110 valence electrons. The summed E-state index contributed by atoms with van der Waals surface area (Å²) in [4.78, 5) is 23.7. The van der Waals surface area contributed by atoms with Crippen molar-refractivity contribution in [2.24, 2.45) is 0 Å². The number of hydrogen-bond donors (Lipinski definition) is 2. The van der Waals surface area contributed by atoms with Crippen LogP contribution < -0.4 is 5.32 Å². The number of halogens is 1. The average molecular weight is 346 g/mol. The molecule has 0 heterocycles. The maximum absolute atomic E-state index is 11.9. The summed E-state index contributed by atoms with van der Waals surface area (Å²) < 4.78 is 0.555. The molecule has 2 N–H and O–H groups in total. The summed E-state index contributed by atoms with van der Waals surface area (Å²) in [6, 6.07) is 2.07. The molecule has 0 bridgehead atoms. The van der Waals surface area contributed by atoms with Crippen LogP contribution in [0.15, 0.2) is 16.6 Å². The maximum atomic E-state index is 11.9. The van der Waals surface area contributed by atoms with Crippen molar-refractivity contribution in [3.63, 3.8) is 0 Å². The quantitative estimate of drug-likeness (QED) is 0.647. The van der Waals surface area contributed by atoms with E-state index in [1.807, 2.05) is 0 Å². The summed E-state index contributed by atoms with van der Waals surface area (Å²) in [6.07, 6.45) is 0. The fourth-order valence-corrected chi connectivity index (χ4v) is 2.04. The van der Waals surface area contributed by atoms with Crippen LogP contribution in [0.4, 0.5) is 16.2 Å². The summed E-state index contributed by atoms with van der Waals surface area (Å²) >= 11 is 3.26. The molecule has 2 amide bonds. The van der Waals surface area contributed by atoms with Crippen LogP contribution in [-0.2, 0) is 0 Å². The van der Waals surface area contributed by atoms with Crippen LogP contribution in [0.1, 0.15) is 12.5 Å². The third kappa shape index (κ3) is 3.67. The number of hydrogen-bond acceptors (Lipinski definition) is 4. The molecular formula is C12H16BrN3O4. The molecular weight excluding hydrogens is 330 g/mol. The number of rotatable bonds is 4. The zero-order valence-corrected chi connectivity index (χ0v) is 13.0. The Kier molecular flexibility index (Phi) is 5.46. The maximum Gasteiger partial charge on any atom is 0.321 e. The monoisotopic (exact) mass is 345 g/mol. The molecule has 7 nitrogen and oxygen atoms in total. The number of likely N-dealkylation sites (N-methyl/N-ethyl adjacent to an activating group) is 1. The van der Waals surface area contributed by atoms with E-state index < -0.39 is 11.0 Å². The van der Waals surface area contributed by atoms with E-state index in [0.717, 1.165) is 0 Å². The average Bonchev–Trinajstić information content (AvgIpc) is 2.39. The van der Waals surface area contributed by atoms with Gasteiger partial charge in [-0.15, -0.1) is 0 Å². The lowest BCUT2D eigenvalue weighted by atomic mass is 10.2. The van der Waals surface area contributed by atoms with Crippen LogP contribution >= 0.6 is 15.9 Å². The summed E-state index contributed by atoms with van der Waals surface area (Å²) in [7, 11) is 1.53. The molecule has 1 aromatic rings. The third-order valence-electron chi connectivity index (χ3n) is 2.97. The first-order chi connectivity index (χ1) is 9.27. The first-order valence-electron chi connectivity index (χ1n) is 5.87. The summed E-state index contributed by atoms with van der Waals surface area (Å²) in [5.74, 6) is 0. The summed E-state index contributed by atoms with van der Waals surface area (Å²) in [5, 5.41) is 22.5. The minimum Gasteiger partial charge on any atom is -0.394 e. The number of aryl methyl sites for hydroxylation is 1. The van der Waals surface area contributed by atoms with Crippen molar-refractivity contribution in [1.29, 1.82) is 0 Å². The van der Waals surface area contributed by atoms with Crippen LogP contribution in [0, 0.1) is 17.0 Å². The number of benzene rings is 1. The number of carbonyl (C=O) groups is 1. The number of nitrogens with zero attached hydrogens (tertiary/aromatic N) is 2. The number of nitrogens with one attached hydrogen (secondary N) is 1. The van der Waals surface area contributed by atoms with Gasteiger partial charge >= 0.3 is 6.03 Å². The van der Waals surface area contributed by atoms with Gasteiger partial charge in [0.05, 0.1) is 23.3 Å². The Labute approximate surface area is 124 Å². The SMILES string of the molecule is Cc1cc(Br)c(NC(=O)N(C)C(C)CO)cc1[N+](=O)[O-]. The van der Waals surface area contributed by atoms with Gasteiger partial charge < -0.3 is 15.3 Å². The molecule has 0 aliphatic rings. The second-order valence-electron chi connectivity index (χ2n) is 4.45. The van der Waals surface area contributed by atoms with Gasteiger partial charge in [-0.1, -0.05) is 0 Å². The number of nitro benzene ring substituents is 1. The first kappa shape index (κ1) is 16.4. The number of carbonyl (C=O) groups excluding carboxylic acids is 1. The van der Waals surface area contributed by atoms with Crippen LogP contribution in [0.3, 0.4) is 0 Å². The highest BCUT2D eigenvalue weighted by atomic mass is 79.9. The van der Waals surface area contributed by atoms with E-state index in [0.29, 0.717) is 15.7 Å². The largest absolute Gasteiger partial charge is 0.394 e. The molecule has 8 heteroatoms. The predicted molar refractivity (Wildman–Crippen MR) is 78.9 cm³/mol. The highest BCUT2D eigenvalue weighted by Crippen LogP contribution is 2.30. The van der Waals surface area contributed by atoms with E-state index in [4.69, 9.17) is 5.11 Å². The molecule has 0 saturated heterocycles. The molecule has 20 heavy (non-hydrogen) atoms. The smallest absolute Gasteiger partial charge is 0.321 e. The van der Waals surface area contributed by atoms with Gasteiger partial charge in [0.25, 0.3) is 5.69 Å². The van der Waals surface area contributed by atoms with Gasteiger partial charge in [-0.05, 0) is 35.8 Å². The molecule has 1 unspecified atom stereocenters. The van der Waals surface area contributed by atoms with Crippen molar-refractivity contribution in [3.05, 3.63) is 32.3 Å². The Bertz CT molecular complexity index is 536. The van der Waals surface area contributed by atoms with Crippen molar-refractivity contribution in [1.82, 2.24) is 4.90 Å². The standard InChI is InChI=1S/C12H16BrN3O4/c1-7-4-9(13)10(5-11(7)16(19)20)14-12(18)15(3)8(2)6-17/h4-5,8,17H,6H2,1-3H3,(H,14,18). The van der Waals surface area contributed by atoms with E-state index in [2.05, 4.69) is 21.2 Å². The number of amides is 2. The lowest BCUT2D eigenvalue weighted by Gasteiger charge is -2.23. The number of urea groups is 1. The van der Waals surface area contributed by atoms with Gasteiger partial charge in [-0.25, -0.2) is 4.79 Å². The molecule has 0 aromatic heterocycles. The second-order valence-corrected chi connectivity index (χ2v) is 5.30. The van der Waals surface area contributed by atoms with Gasteiger partial charge in [0.2, 0.25) is 0 Å². The minimum atomic E-state index is -0.502. The lowest BCUT2D eigenvalue weighted by molar-refractivity contribution is -0.385. The zero-order valence-electron chi connectivity index (χ0n) is 11.4. The topological polar surface area (TPSA) is 95.7 Å². The molecule has 0 saturated carbocycles. The Morgan fingerprint density at radius 2 is 2.20 bits per heavy atom. The molecule has 0 spiro atoms. The Balaban J connectivity index is 3.01. The molecule has 0 aliphatic heterocycles. The normalized spacial score (nSPS) is 11.8. The van der Waals surface area contributed by atoms with E-state index in [1.54, 1.807) is 19.9 Å². The van der Waals surface area contributed by atoms with Crippen LogP contribution in [0.25, 0.3) is 0 Å². The Morgan fingerprint density at radius 1 is 1.60 bits per heavy atom. The van der Waals surface area contributed by atoms with Gasteiger partial charge in [-0.3, -0.25) is 10.1 Å². The van der Waals surface area contributed by atoms with Crippen LogP contribution in [0.2, 0.25) is 0 Å². The van der Waals surface area contributed by atoms with E-state index in [9.17, 15) is 14.9 Å². The van der Waals surface area contributed by atoms with Gasteiger partial charge in [-0.2, -0.15) is 0 Å². The Morgan fingerprint density at radius 3 is 2.70 bits per heavy atom. The molecule has 1 rings (SSSR count). The highest BCUT2D eigenvalue weighted by Gasteiger charge is 2.19. The van der Waals surface area contributed by atoms with E-state index in [1.165, 1.54) is 18.0 Å². The minimum absolute atomic E-state index is 0.0682. The molecule has 1 atom stereocenters. The molecule has 0 fully saturated rings. The molecule has 1 aromatic carbocycles. The number of aliphatic hydroxyl groups is 1. The van der Waals surface area contributed by atoms with Crippen molar-refractivity contribution in [2.75, 3.05) is 19.0 Å².